The molecule has 1 fully saturated rings. The van der Waals surface area contributed by atoms with E-state index in [1.165, 1.54) is 7.05 Å². The molecule has 0 aliphatic carbocycles. The molecule has 3 amide bonds. The standard InChI is InChI=1S/C18H21N3O5/c1-19-15(23)6-5-12(9-22)21-17(24)13-3-2-4-14(16(13)18(21)25)26-10-11-7-20-8-11/h2-4,9,11-12,20H,5-8,10H2,1H3,(H,19,23). The fourth-order valence-electron chi connectivity index (χ4n) is 3.03. The van der Waals surface area contributed by atoms with Crippen molar-refractivity contribution in [3.63, 3.8) is 0 Å². The van der Waals surface area contributed by atoms with Crippen LogP contribution in [-0.2, 0) is 9.59 Å². The molecule has 1 saturated heterocycles. The van der Waals surface area contributed by atoms with Gasteiger partial charge in [0.25, 0.3) is 11.8 Å². The third-order valence-electron chi connectivity index (χ3n) is 4.68. The number of ether oxygens (including phenoxy) is 1. The summed E-state index contributed by atoms with van der Waals surface area (Å²) in [5, 5.41) is 5.60. The summed E-state index contributed by atoms with van der Waals surface area (Å²) in [6.07, 6.45) is 0.662. The highest BCUT2D eigenvalue weighted by molar-refractivity contribution is 6.23. The summed E-state index contributed by atoms with van der Waals surface area (Å²) in [5.41, 5.74) is 0.419. The lowest BCUT2D eigenvalue weighted by atomic mass is 10.1. The van der Waals surface area contributed by atoms with Crippen LogP contribution in [0.25, 0.3) is 0 Å². The second kappa shape index (κ2) is 7.65. The number of carbonyl (C=O) groups excluding carboxylic acids is 4. The number of nitrogens with one attached hydrogen (secondary N) is 2. The molecule has 0 aromatic heterocycles. The predicted octanol–water partition coefficient (Wildman–Crippen LogP) is -0.0255. The molecule has 8 nitrogen and oxygen atoms in total. The first-order valence-corrected chi connectivity index (χ1v) is 8.57. The highest BCUT2D eigenvalue weighted by atomic mass is 16.5. The lowest BCUT2D eigenvalue weighted by Crippen LogP contribution is -2.45. The van der Waals surface area contributed by atoms with Gasteiger partial charge in [0, 0.05) is 32.5 Å². The van der Waals surface area contributed by atoms with Crippen LogP contribution in [-0.4, -0.2) is 61.7 Å². The predicted molar refractivity (Wildman–Crippen MR) is 91.9 cm³/mol. The molecule has 0 saturated carbocycles. The summed E-state index contributed by atoms with van der Waals surface area (Å²) in [5.74, 6) is -0.613. The number of hydrogen-bond donors (Lipinski definition) is 2. The molecule has 0 bridgehead atoms. The molecule has 138 valence electrons. The second-order valence-corrected chi connectivity index (χ2v) is 6.41. The summed E-state index contributed by atoms with van der Waals surface area (Å²) < 4.78 is 5.76. The van der Waals surface area contributed by atoms with E-state index in [4.69, 9.17) is 4.74 Å². The number of benzene rings is 1. The molecule has 1 aromatic carbocycles. The average molecular weight is 359 g/mol. The van der Waals surface area contributed by atoms with E-state index in [1.807, 2.05) is 0 Å². The number of hydrogen-bond acceptors (Lipinski definition) is 6. The SMILES string of the molecule is CNC(=O)CCC(C=O)N1C(=O)c2cccc(OCC3CNC3)c2C1=O. The first-order valence-electron chi connectivity index (χ1n) is 8.57. The summed E-state index contributed by atoms with van der Waals surface area (Å²) in [6.45, 7) is 2.18. The molecule has 26 heavy (non-hydrogen) atoms. The molecular formula is C18H21N3O5. The van der Waals surface area contributed by atoms with E-state index in [2.05, 4.69) is 10.6 Å². The third-order valence-corrected chi connectivity index (χ3v) is 4.68. The van der Waals surface area contributed by atoms with Gasteiger partial charge in [-0.25, -0.2) is 0 Å². The zero-order chi connectivity index (χ0) is 18.7. The quantitative estimate of drug-likeness (QED) is 0.499. The number of carbonyl (C=O) groups is 4. The number of imide groups is 1. The zero-order valence-electron chi connectivity index (χ0n) is 14.5. The fourth-order valence-corrected chi connectivity index (χ4v) is 3.03. The minimum absolute atomic E-state index is 0.0470. The van der Waals surface area contributed by atoms with Gasteiger partial charge in [0.05, 0.1) is 23.8 Å². The smallest absolute Gasteiger partial charge is 0.265 e. The molecule has 2 heterocycles. The summed E-state index contributed by atoms with van der Waals surface area (Å²) in [6, 6.07) is 3.87. The third kappa shape index (κ3) is 3.32. The van der Waals surface area contributed by atoms with Crippen LogP contribution in [0.5, 0.6) is 5.75 Å². The van der Waals surface area contributed by atoms with E-state index < -0.39 is 17.9 Å². The Hall–Kier alpha value is -2.74. The van der Waals surface area contributed by atoms with Crippen LogP contribution in [0.2, 0.25) is 0 Å². The molecule has 2 aliphatic rings. The van der Waals surface area contributed by atoms with E-state index in [9.17, 15) is 19.2 Å². The maximum Gasteiger partial charge on any atom is 0.265 e. The van der Waals surface area contributed by atoms with Crippen molar-refractivity contribution < 1.29 is 23.9 Å². The van der Waals surface area contributed by atoms with Crippen molar-refractivity contribution in [2.75, 3.05) is 26.7 Å². The summed E-state index contributed by atoms with van der Waals surface area (Å²) >= 11 is 0. The van der Waals surface area contributed by atoms with Crippen LogP contribution < -0.4 is 15.4 Å². The van der Waals surface area contributed by atoms with E-state index in [-0.39, 0.29) is 29.9 Å². The van der Waals surface area contributed by atoms with E-state index in [1.54, 1.807) is 18.2 Å². The topological polar surface area (TPSA) is 105 Å². The van der Waals surface area contributed by atoms with Crippen molar-refractivity contribution in [2.45, 2.75) is 18.9 Å². The number of amides is 3. The Morgan fingerprint density at radius 2 is 2.15 bits per heavy atom. The van der Waals surface area contributed by atoms with Gasteiger partial charge in [-0.3, -0.25) is 19.3 Å². The fraction of sp³-hybridized carbons (Fsp3) is 0.444. The Balaban J connectivity index is 1.79. The summed E-state index contributed by atoms with van der Waals surface area (Å²) in [7, 11) is 1.49. The maximum absolute atomic E-state index is 12.8. The first kappa shape index (κ1) is 18.1. The molecule has 1 atom stereocenters. The monoisotopic (exact) mass is 359 g/mol. The van der Waals surface area contributed by atoms with Crippen molar-refractivity contribution in [2.24, 2.45) is 5.92 Å². The Morgan fingerprint density at radius 1 is 1.38 bits per heavy atom. The molecule has 2 aliphatic heterocycles. The van der Waals surface area contributed by atoms with Crippen LogP contribution in [0.15, 0.2) is 18.2 Å². The van der Waals surface area contributed by atoms with Crippen LogP contribution in [0.3, 0.4) is 0 Å². The average Bonchev–Trinajstić information content (AvgIpc) is 2.86. The van der Waals surface area contributed by atoms with E-state index >= 15 is 0 Å². The Morgan fingerprint density at radius 3 is 2.77 bits per heavy atom. The molecule has 3 rings (SSSR count). The summed E-state index contributed by atoms with van der Waals surface area (Å²) in [4.78, 5) is 49.3. The van der Waals surface area contributed by atoms with Gasteiger partial charge in [-0.15, -0.1) is 0 Å². The Bertz CT molecular complexity index is 744. The minimum Gasteiger partial charge on any atom is -0.492 e. The number of rotatable bonds is 8. The van der Waals surface area contributed by atoms with Gasteiger partial charge in [0.1, 0.15) is 12.0 Å². The molecule has 0 spiro atoms. The van der Waals surface area contributed by atoms with Crippen molar-refractivity contribution >= 4 is 24.0 Å². The Labute approximate surface area is 150 Å². The van der Waals surface area contributed by atoms with E-state index in [0.717, 1.165) is 18.0 Å². The van der Waals surface area contributed by atoms with Gasteiger partial charge in [-0.2, -0.15) is 0 Å². The Kier molecular flexibility index (Phi) is 5.32. The number of nitrogens with zero attached hydrogens (tertiary/aromatic N) is 1. The maximum atomic E-state index is 12.8. The van der Waals surface area contributed by atoms with Crippen LogP contribution >= 0.6 is 0 Å². The zero-order valence-corrected chi connectivity index (χ0v) is 14.5. The van der Waals surface area contributed by atoms with Crippen LogP contribution in [0.1, 0.15) is 33.6 Å². The van der Waals surface area contributed by atoms with Gasteiger partial charge in [-0.1, -0.05) is 6.07 Å². The molecule has 0 radical (unpaired) electrons. The van der Waals surface area contributed by atoms with Gasteiger partial charge in [-0.05, 0) is 18.6 Å². The van der Waals surface area contributed by atoms with Crippen molar-refractivity contribution in [1.82, 2.24) is 15.5 Å². The molecule has 8 heteroatoms. The number of aldehydes is 1. The van der Waals surface area contributed by atoms with Gasteiger partial charge >= 0.3 is 0 Å². The van der Waals surface area contributed by atoms with Crippen molar-refractivity contribution in [3.05, 3.63) is 29.3 Å². The second-order valence-electron chi connectivity index (χ2n) is 6.41. The largest absolute Gasteiger partial charge is 0.492 e. The molecule has 2 N–H and O–H groups in total. The lowest BCUT2D eigenvalue weighted by molar-refractivity contribution is -0.121. The first-order chi connectivity index (χ1) is 12.6. The van der Waals surface area contributed by atoms with Crippen LogP contribution in [0, 0.1) is 5.92 Å². The van der Waals surface area contributed by atoms with Gasteiger partial charge < -0.3 is 20.2 Å². The minimum atomic E-state index is -0.983. The van der Waals surface area contributed by atoms with Gasteiger partial charge in [0.15, 0.2) is 0 Å². The van der Waals surface area contributed by atoms with Gasteiger partial charge in [0.2, 0.25) is 5.91 Å². The van der Waals surface area contributed by atoms with Crippen molar-refractivity contribution in [3.8, 4) is 5.75 Å². The van der Waals surface area contributed by atoms with E-state index in [0.29, 0.717) is 24.6 Å². The highest BCUT2D eigenvalue weighted by Crippen LogP contribution is 2.33. The normalized spacial score (nSPS) is 17.5. The highest BCUT2D eigenvalue weighted by Gasteiger charge is 2.42. The lowest BCUT2D eigenvalue weighted by Gasteiger charge is -2.27. The molecule has 1 aromatic rings. The van der Waals surface area contributed by atoms with Crippen molar-refractivity contribution in [1.29, 1.82) is 0 Å². The molecular weight excluding hydrogens is 338 g/mol. The van der Waals surface area contributed by atoms with Crippen LogP contribution in [0.4, 0.5) is 0 Å². The number of fused-ring (bicyclic) bond motifs is 1. The molecule has 1 unspecified atom stereocenters.